The first kappa shape index (κ1) is 21.6. The number of benzene rings is 2. The summed E-state index contributed by atoms with van der Waals surface area (Å²) in [6, 6.07) is 18.6. The van der Waals surface area contributed by atoms with Gasteiger partial charge in [-0.3, -0.25) is 14.5 Å². The highest BCUT2D eigenvalue weighted by Gasteiger charge is 2.15. The molecule has 1 aromatic heterocycles. The number of fused-ring (bicyclic) bond motifs is 1. The molecule has 2 heterocycles. The minimum Gasteiger partial charge on any atom is -0.454 e. The van der Waals surface area contributed by atoms with E-state index < -0.39 is 11.5 Å². The van der Waals surface area contributed by atoms with E-state index in [1.54, 1.807) is 18.2 Å². The third-order valence-corrected chi connectivity index (χ3v) is 5.16. The van der Waals surface area contributed by atoms with Gasteiger partial charge in [0, 0.05) is 31.9 Å². The van der Waals surface area contributed by atoms with Gasteiger partial charge in [0.15, 0.2) is 11.5 Å². The molecule has 8 nitrogen and oxygen atoms in total. The van der Waals surface area contributed by atoms with E-state index in [0.29, 0.717) is 36.8 Å². The van der Waals surface area contributed by atoms with Crippen molar-refractivity contribution < 1.29 is 19.4 Å². The van der Waals surface area contributed by atoms with Crippen LogP contribution in [0.2, 0.25) is 0 Å². The molecule has 1 aliphatic heterocycles. The van der Waals surface area contributed by atoms with Crippen LogP contribution >= 0.6 is 0 Å². The van der Waals surface area contributed by atoms with Crippen molar-refractivity contribution in [2.24, 2.45) is 0 Å². The van der Waals surface area contributed by atoms with Gasteiger partial charge in [-0.2, -0.15) is 0 Å². The number of carbonyl (C=O) groups is 1. The maximum Gasteiger partial charge on any atom is 0.261 e. The fourth-order valence-corrected chi connectivity index (χ4v) is 3.55. The Morgan fingerprint density at radius 3 is 2.59 bits per heavy atom. The number of carbonyl (C=O) groups excluding carboxylic acids is 1. The number of aromatic nitrogens is 1. The Balaban J connectivity index is 1.38. The van der Waals surface area contributed by atoms with E-state index in [1.807, 2.05) is 41.3 Å². The zero-order valence-corrected chi connectivity index (χ0v) is 17.5. The van der Waals surface area contributed by atoms with Gasteiger partial charge < -0.3 is 24.9 Å². The maximum absolute atomic E-state index is 12.5. The van der Waals surface area contributed by atoms with Gasteiger partial charge in [0.25, 0.3) is 11.5 Å². The summed E-state index contributed by atoms with van der Waals surface area (Å²) in [6.45, 7) is 2.02. The van der Waals surface area contributed by atoms with Crippen LogP contribution in [-0.2, 0) is 19.6 Å². The zero-order chi connectivity index (χ0) is 22.3. The summed E-state index contributed by atoms with van der Waals surface area (Å²) in [4.78, 5) is 29.9. The summed E-state index contributed by atoms with van der Waals surface area (Å²) < 4.78 is 10.6. The summed E-state index contributed by atoms with van der Waals surface area (Å²) in [7, 11) is 0. The van der Waals surface area contributed by atoms with Crippen molar-refractivity contribution in [2.45, 2.75) is 19.6 Å². The standard InChI is InChI=1S/C24H25N3O5/c28-11-10-27(14-17-4-2-1-3-5-17)15-19-7-8-20(24(30)26-19)23(29)25-13-18-6-9-21-22(12-18)32-16-31-21/h1-9,12,28H,10-11,13-16H2,(H,25,29)(H,26,30). The molecule has 1 aliphatic rings. The largest absolute Gasteiger partial charge is 0.454 e. The fourth-order valence-electron chi connectivity index (χ4n) is 3.55. The normalized spacial score (nSPS) is 12.2. The second-order valence-corrected chi connectivity index (χ2v) is 7.52. The summed E-state index contributed by atoms with van der Waals surface area (Å²) in [5, 5.41) is 12.1. The molecule has 0 bridgehead atoms. The molecule has 166 valence electrons. The highest BCUT2D eigenvalue weighted by molar-refractivity contribution is 5.93. The number of aliphatic hydroxyl groups excluding tert-OH is 1. The summed E-state index contributed by atoms with van der Waals surface area (Å²) in [5.74, 6) is 0.864. The van der Waals surface area contributed by atoms with Gasteiger partial charge in [0.2, 0.25) is 6.79 Å². The van der Waals surface area contributed by atoms with Crippen LogP contribution in [0.3, 0.4) is 0 Å². The van der Waals surface area contributed by atoms with Gasteiger partial charge in [-0.05, 0) is 35.4 Å². The maximum atomic E-state index is 12.5. The van der Waals surface area contributed by atoms with Crippen LogP contribution in [-0.4, -0.2) is 40.8 Å². The van der Waals surface area contributed by atoms with Gasteiger partial charge in [-0.1, -0.05) is 36.4 Å². The van der Waals surface area contributed by atoms with E-state index in [0.717, 1.165) is 11.1 Å². The van der Waals surface area contributed by atoms with Crippen LogP contribution in [0.1, 0.15) is 27.2 Å². The Morgan fingerprint density at radius 2 is 1.81 bits per heavy atom. The van der Waals surface area contributed by atoms with Crippen LogP contribution in [0.25, 0.3) is 0 Å². The summed E-state index contributed by atoms with van der Waals surface area (Å²) >= 11 is 0. The average molecular weight is 435 g/mol. The second kappa shape index (κ2) is 10.1. The van der Waals surface area contributed by atoms with E-state index in [2.05, 4.69) is 10.3 Å². The van der Waals surface area contributed by atoms with E-state index >= 15 is 0 Å². The molecule has 0 atom stereocenters. The number of ether oxygens (including phenoxy) is 2. The number of rotatable bonds is 9. The van der Waals surface area contributed by atoms with Crippen LogP contribution < -0.4 is 20.3 Å². The third kappa shape index (κ3) is 5.35. The van der Waals surface area contributed by atoms with Crippen molar-refractivity contribution >= 4 is 5.91 Å². The molecule has 0 spiro atoms. The van der Waals surface area contributed by atoms with E-state index in [-0.39, 0.29) is 25.5 Å². The Hall–Kier alpha value is -3.62. The number of H-pyrrole nitrogens is 1. The molecule has 0 aliphatic carbocycles. The first-order valence-corrected chi connectivity index (χ1v) is 10.4. The molecule has 32 heavy (non-hydrogen) atoms. The van der Waals surface area contributed by atoms with Crippen LogP contribution in [0, 0.1) is 0 Å². The molecule has 0 fully saturated rings. The van der Waals surface area contributed by atoms with E-state index in [9.17, 15) is 14.7 Å². The Morgan fingerprint density at radius 1 is 1.00 bits per heavy atom. The molecule has 0 radical (unpaired) electrons. The van der Waals surface area contributed by atoms with Gasteiger partial charge >= 0.3 is 0 Å². The first-order chi connectivity index (χ1) is 15.6. The molecule has 8 heteroatoms. The lowest BCUT2D eigenvalue weighted by atomic mass is 10.1. The monoisotopic (exact) mass is 435 g/mol. The number of nitrogens with zero attached hydrogens (tertiary/aromatic N) is 1. The number of hydrogen-bond acceptors (Lipinski definition) is 6. The van der Waals surface area contributed by atoms with Gasteiger partial charge in [-0.15, -0.1) is 0 Å². The minimum absolute atomic E-state index is 0.0113. The van der Waals surface area contributed by atoms with Crippen molar-refractivity contribution in [1.82, 2.24) is 15.2 Å². The van der Waals surface area contributed by atoms with Crippen LogP contribution in [0.5, 0.6) is 11.5 Å². The van der Waals surface area contributed by atoms with Crippen molar-refractivity contribution in [3.63, 3.8) is 0 Å². The SMILES string of the molecule is O=C(NCc1ccc2c(c1)OCO2)c1ccc(CN(CCO)Cc2ccccc2)[nH]c1=O. The number of nitrogens with one attached hydrogen (secondary N) is 2. The molecule has 1 amide bonds. The lowest BCUT2D eigenvalue weighted by Gasteiger charge is -2.21. The highest BCUT2D eigenvalue weighted by atomic mass is 16.7. The van der Waals surface area contributed by atoms with Crippen molar-refractivity contribution in [2.75, 3.05) is 19.9 Å². The van der Waals surface area contributed by atoms with E-state index in [1.165, 1.54) is 6.07 Å². The molecule has 3 aromatic rings. The summed E-state index contributed by atoms with van der Waals surface area (Å²) in [5.41, 5.74) is 2.23. The molecular weight excluding hydrogens is 410 g/mol. The predicted octanol–water partition coefficient (Wildman–Crippen LogP) is 2.03. The number of amides is 1. The molecule has 0 unspecified atom stereocenters. The fraction of sp³-hybridized carbons (Fsp3) is 0.250. The molecule has 0 saturated carbocycles. The quantitative estimate of drug-likeness (QED) is 0.475. The van der Waals surface area contributed by atoms with Gasteiger partial charge in [-0.25, -0.2) is 0 Å². The molecule has 3 N–H and O–H groups in total. The van der Waals surface area contributed by atoms with E-state index in [4.69, 9.17) is 9.47 Å². The number of hydrogen-bond donors (Lipinski definition) is 3. The van der Waals surface area contributed by atoms with Crippen LogP contribution in [0.15, 0.2) is 65.5 Å². The third-order valence-electron chi connectivity index (χ3n) is 5.16. The zero-order valence-electron chi connectivity index (χ0n) is 17.5. The molecular formula is C24H25N3O5. The highest BCUT2D eigenvalue weighted by Crippen LogP contribution is 2.32. The van der Waals surface area contributed by atoms with Crippen LogP contribution in [0.4, 0.5) is 0 Å². The minimum atomic E-state index is -0.452. The second-order valence-electron chi connectivity index (χ2n) is 7.52. The number of pyridine rings is 1. The van der Waals surface area contributed by atoms with Crippen molar-refractivity contribution in [3.8, 4) is 11.5 Å². The molecule has 2 aromatic carbocycles. The molecule has 4 rings (SSSR count). The molecule has 0 saturated heterocycles. The number of aliphatic hydroxyl groups is 1. The topological polar surface area (TPSA) is 104 Å². The lowest BCUT2D eigenvalue weighted by Crippen LogP contribution is -2.31. The predicted molar refractivity (Wildman–Crippen MR) is 118 cm³/mol. The Kier molecular flexibility index (Phi) is 6.84. The lowest BCUT2D eigenvalue weighted by molar-refractivity contribution is 0.0949. The van der Waals surface area contributed by atoms with Crippen molar-refractivity contribution in [3.05, 3.63) is 93.4 Å². The average Bonchev–Trinajstić information content (AvgIpc) is 3.26. The first-order valence-electron chi connectivity index (χ1n) is 10.4. The Labute approximate surface area is 185 Å². The Bertz CT molecular complexity index is 1130. The summed E-state index contributed by atoms with van der Waals surface area (Å²) in [6.07, 6.45) is 0. The van der Waals surface area contributed by atoms with Crippen molar-refractivity contribution in [1.29, 1.82) is 0 Å². The van der Waals surface area contributed by atoms with Gasteiger partial charge in [0.05, 0.1) is 6.61 Å². The smallest absolute Gasteiger partial charge is 0.261 e. The number of aromatic amines is 1. The van der Waals surface area contributed by atoms with Gasteiger partial charge in [0.1, 0.15) is 5.56 Å².